The summed E-state index contributed by atoms with van der Waals surface area (Å²) in [6.45, 7) is 2.20. The predicted molar refractivity (Wildman–Crippen MR) is 76.1 cm³/mol. The summed E-state index contributed by atoms with van der Waals surface area (Å²) in [6.07, 6.45) is 2.89. The Hall–Kier alpha value is -2.04. The molecule has 2 N–H and O–H groups in total. The Morgan fingerprint density at radius 3 is 2.76 bits per heavy atom. The van der Waals surface area contributed by atoms with Gasteiger partial charge in [-0.15, -0.1) is 0 Å². The molecule has 5 nitrogen and oxygen atoms in total. The summed E-state index contributed by atoms with van der Waals surface area (Å²) in [6, 6.07) is 4.22. The van der Waals surface area contributed by atoms with E-state index in [2.05, 4.69) is 0 Å². The van der Waals surface area contributed by atoms with Crippen LogP contribution in [0.25, 0.3) is 0 Å². The van der Waals surface area contributed by atoms with E-state index in [1.165, 1.54) is 4.90 Å². The minimum atomic E-state index is -0.940. The molecule has 1 aliphatic heterocycles. The molecule has 1 amide bonds. The van der Waals surface area contributed by atoms with Gasteiger partial charge < -0.3 is 15.1 Å². The fraction of sp³-hybridized carbons (Fsp3) is 0.500. The quantitative estimate of drug-likeness (QED) is 0.873. The molecular weight excluding hydrogens is 270 g/mol. The molecule has 112 valence electrons. The van der Waals surface area contributed by atoms with Crippen LogP contribution in [0.1, 0.15) is 35.2 Å². The number of nitrogens with zero attached hydrogens (tertiary/aromatic N) is 1. The molecule has 2 fully saturated rings. The summed E-state index contributed by atoms with van der Waals surface area (Å²) >= 11 is 0. The van der Waals surface area contributed by atoms with Crippen LogP contribution in [0.15, 0.2) is 18.2 Å². The standard InChI is InChI=1S/C16H19NO4/c1-9-4-2-7-12(14(9)18)15(19)17-8-10-5-3-6-11(10)13(17)16(20)21/h2,4,7,10-11,13,18H,3,5-6,8H2,1H3,(H,20,21). The van der Waals surface area contributed by atoms with Crippen molar-refractivity contribution in [2.75, 3.05) is 6.54 Å². The van der Waals surface area contributed by atoms with Gasteiger partial charge in [0, 0.05) is 6.54 Å². The highest BCUT2D eigenvalue weighted by Crippen LogP contribution is 2.43. The van der Waals surface area contributed by atoms with E-state index in [0.29, 0.717) is 12.1 Å². The van der Waals surface area contributed by atoms with Gasteiger partial charge in [-0.05, 0) is 43.2 Å². The molecule has 1 aromatic carbocycles. The number of carboxylic acids is 1. The van der Waals surface area contributed by atoms with Gasteiger partial charge in [0.25, 0.3) is 5.91 Å². The molecule has 1 aromatic rings. The lowest BCUT2D eigenvalue weighted by Gasteiger charge is -2.25. The molecule has 0 spiro atoms. The number of phenolic OH excluding ortho intramolecular Hbond substituents is 1. The zero-order valence-corrected chi connectivity index (χ0v) is 12.0. The van der Waals surface area contributed by atoms with Gasteiger partial charge >= 0.3 is 5.97 Å². The number of aromatic hydroxyl groups is 1. The van der Waals surface area contributed by atoms with Gasteiger partial charge in [-0.3, -0.25) is 4.79 Å². The molecule has 1 saturated heterocycles. The number of rotatable bonds is 2. The van der Waals surface area contributed by atoms with E-state index in [-0.39, 0.29) is 29.1 Å². The fourth-order valence-corrected chi connectivity index (χ4v) is 3.82. The van der Waals surface area contributed by atoms with Crippen molar-refractivity contribution in [3.05, 3.63) is 29.3 Å². The van der Waals surface area contributed by atoms with Gasteiger partial charge in [-0.2, -0.15) is 0 Å². The number of amides is 1. The number of hydrogen-bond donors (Lipinski definition) is 2. The van der Waals surface area contributed by atoms with Crippen LogP contribution >= 0.6 is 0 Å². The third-order valence-corrected chi connectivity index (χ3v) is 4.87. The van der Waals surface area contributed by atoms with Gasteiger partial charge in [0.05, 0.1) is 5.56 Å². The fourth-order valence-electron chi connectivity index (χ4n) is 3.82. The average Bonchev–Trinajstić information content (AvgIpc) is 3.00. The van der Waals surface area contributed by atoms with Crippen molar-refractivity contribution in [2.45, 2.75) is 32.2 Å². The highest BCUT2D eigenvalue weighted by atomic mass is 16.4. The summed E-state index contributed by atoms with van der Waals surface area (Å²) in [5.41, 5.74) is 0.813. The lowest BCUT2D eigenvalue weighted by Crippen LogP contribution is -2.43. The van der Waals surface area contributed by atoms with E-state index in [0.717, 1.165) is 19.3 Å². The lowest BCUT2D eigenvalue weighted by molar-refractivity contribution is -0.142. The number of carbonyl (C=O) groups is 2. The zero-order chi connectivity index (χ0) is 15.1. The Morgan fingerprint density at radius 2 is 2.05 bits per heavy atom. The largest absolute Gasteiger partial charge is 0.507 e. The van der Waals surface area contributed by atoms with Crippen LogP contribution in [0.4, 0.5) is 0 Å². The van der Waals surface area contributed by atoms with Gasteiger partial charge in [0.2, 0.25) is 0 Å². The third-order valence-electron chi connectivity index (χ3n) is 4.87. The number of hydrogen-bond acceptors (Lipinski definition) is 3. The molecular formula is C16H19NO4. The van der Waals surface area contributed by atoms with Crippen molar-refractivity contribution in [2.24, 2.45) is 11.8 Å². The first-order chi connectivity index (χ1) is 10.0. The Morgan fingerprint density at radius 1 is 1.29 bits per heavy atom. The molecule has 5 heteroatoms. The molecule has 0 aromatic heterocycles. The van der Waals surface area contributed by atoms with E-state index in [4.69, 9.17) is 0 Å². The Bertz CT molecular complexity index is 598. The minimum absolute atomic E-state index is 0.0521. The first-order valence-electron chi connectivity index (χ1n) is 7.33. The molecule has 0 radical (unpaired) electrons. The van der Waals surface area contributed by atoms with E-state index < -0.39 is 12.0 Å². The molecule has 3 unspecified atom stereocenters. The number of benzene rings is 1. The number of carboxylic acid groups (broad SMARTS) is 1. The van der Waals surface area contributed by atoms with Crippen LogP contribution in [-0.2, 0) is 4.79 Å². The van der Waals surface area contributed by atoms with Crippen LogP contribution in [0.5, 0.6) is 5.75 Å². The molecule has 0 bridgehead atoms. The third kappa shape index (κ3) is 2.17. The highest BCUT2D eigenvalue weighted by molar-refractivity contribution is 5.99. The van der Waals surface area contributed by atoms with Crippen LogP contribution in [0, 0.1) is 18.8 Å². The monoisotopic (exact) mass is 289 g/mol. The van der Waals surface area contributed by atoms with Crippen molar-refractivity contribution in [1.29, 1.82) is 0 Å². The van der Waals surface area contributed by atoms with Crippen molar-refractivity contribution in [3.63, 3.8) is 0 Å². The second kappa shape index (κ2) is 5.06. The normalized spacial score (nSPS) is 27.7. The maximum absolute atomic E-state index is 12.7. The molecule has 1 saturated carbocycles. The summed E-state index contributed by atoms with van der Waals surface area (Å²) < 4.78 is 0. The molecule has 3 atom stereocenters. The Kier molecular flexibility index (Phi) is 3.35. The summed E-state index contributed by atoms with van der Waals surface area (Å²) in [5.74, 6) is -1.04. The van der Waals surface area contributed by atoms with Gasteiger partial charge in [-0.25, -0.2) is 4.79 Å². The van der Waals surface area contributed by atoms with E-state index in [1.807, 2.05) is 0 Å². The second-order valence-electron chi connectivity index (χ2n) is 6.07. The molecule has 3 rings (SSSR count). The van der Waals surface area contributed by atoms with Crippen molar-refractivity contribution < 1.29 is 19.8 Å². The van der Waals surface area contributed by atoms with Gasteiger partial charge in [0.15, 0.2) is 0 Å². The predicted octanol–water partition coefficient (Wildman–Crippen LogP) is 2.03. The minimum Gasteiger partial charge on any atom is -0.507 e. The number of carbonyl (C=O) groups excluding carboxylic acids is 1. The van der Waals surface area contributed by atoms with E-state index in [9.17, 15) is 19.8 Å². The van der Waals surface area contributed by atoms with E-state index >= 15 is 0 Å². The Labute approximate surface area is 123 Å². The number of phenols is 1. The topological polar surface area (TPSA) is 77.8 Å². The SMILES string of the molecule is Cc1cccc(C(=O)N2CC3CCCC3C2C(=O)O)c1O. The van der Waals surface area contributed by atoms with Crippen LogP contribution in [-0.4, -0.2) is 39.6 Å². The van der Waals surface area contributed by atoms with Crippen LogP contribution < -0.4 is 0 Å². The number of para-hydroxylation sites is 1. The number of fused-ring (bicyclic) bond motifs is 1. The zero-order valence-electron chi connectivity index (χ0n) is 12.0. The van der Waals surface area contributed by atoms with Crippen LogP contribution in [0.2, 0.25) is 0 Å². The Balaban J connectivity index is 1.93. The maximum atomic E-state index is 12.7. The lowest BCUT2D eigenvalue weighted by atomic mass is 9.94. The molecule has 2 aliphatic rings. The molecule has 1 heterocycles. The summed E-state index contributed by atoms with van der Waals surface area (Å²) in [4.78, 5) is 25.7. The maximum Gasteiger partial charge on any atom is 0.326 e. The van der Waals surface area contributed by atoms with Gasteiger partial charge in [-0.1, -0.05) is 18.6 Å². The second-order valence-corrected chi connectivity index (χ2v) is 6.07. The van der Waals surface area contributed by atoms with Crippen molar-refractivity contribution in [1.82, 2.24) is 4.90 Å². The summed E-state index contributed by atoms with van der Waals surface area (Å²) in [5, 5.41) is 19.6. The first kappa shape index (κ1) is 13.9. The molecule has 21 heavy (non-hydrogen) atoms. The molecule has 1 aliphatic carbocycles. The summed E-state index contributed by atoms with van der Waals surface area (Å²) in [7, 11) is 0. The smallest absolute Gasteiger partial charge is 0.326 e. The van der Waals surface area contributed by atoms with Crippen molar-refractivity contribution >= 4 is 11.9 Å². The van der Waals surface area contributed by atoms with E-state index in [1.54, 1.807) is 25.1 Å². The van der Waals surface area contributed by atoms with Crippen molar-refractivity contribution in [3.8, 4) is 5.75 Å². The number of aryl methyl sites for hydroxylation is 1. The first-order valence-corrected chi connectivity index (χ1v) is 7.33. The van der Waals surface area contributed by atoms with Gasteiger partial charge in [0.1, 0.15) is 11.8 Å². The van der Waals surface area contributed by atoms with Crippen LogP contribution in [0.3, 0.4) is 0 Å². The average molecular weight is 289 g/mol. The number of aliphatic carboxylic acids is 1. The number of likely N-dealkylation sites (tertiary alicyclic amines) is 1. The highest BCUT2D eigenvalue weighted by Gasteiger charge is 2.49.